The molecule has 0 radical (unpaired) electrons. The average molecular weight is 296 g/mol. The minimum absolute atomic E-state index is 0.00483. The Morgan fingerprint density at radius 1 is 1.33 bits per heavy atom. The van der Waals surface area contributed by atoms with Crippen molar-refractivity contribution in [3.05, 3.63) is 0 Å². The molecule has 1 saturated heterocycles. The second kappa shape index (κ2) is 7.59. The average Bonchev–Trinajstić information content (AvgIpc) is 3.22. The van der Waals surface area contributed by atoms with Crippen LogP contribution in [0.5, 0.6) is 0 Å². The molecule has 0 aromatic heterocycles. The van der Waals surface area contributed by atoms with Crippen LogP contribution >= 0.6 is 0 Å². The van der Waals surface area contributed by atoms with Gasteiger partial charge >= 0.3 is 0 Å². The normalized spacial score (nSPS) is 27.7. The first-order chi connectivity index (χ1) is 10.0. The largest absolute Gasteiger partial charge is 0.381 e. The number of ether oxygens (including phenoxy) is 1. The van der Waals surface area contributed by atoms with Crippen LogP contribution in [0.25, 0.3) is 0 Å². The Bertz CT molecular complexity index is 342. The van der Waals surface area contributed by atoms with Gasteiger partial charge in [0, 0.05) is 19.8 Å². The lowest BCUT2D eigenvalue weighted by atomic mass is 9.99. The summed E-state index contributed by atoms with van der Waals surface area (Å²) in [5, 5.41) is 3.55. The third-order valence-corrected chi connectivity index (χ3v) is 4.82. The van der Waals surface area contributed by atoms with Crippen LogP contribution in [0, 0.1) is 17.8 Å². The van der Waals surface area contributed by atoms with Gasteiger partial charge in [-0.25, -0.2) is 0 Å². The molecule has 122 valence electrons. The molecule has 1 aliphatic carbocycles. The summed E-state index contributed by atoms with van der Waals surface area (Å²) in [4.78, 5) is 14.7. The van der Waals surface area contributed by atoms with Crippen LogP contribution in [0.2, 0.25) is 0 Å². The van der Waals surface area contributed by atoms with Crippen LogP contribution in [0.4, 0.5) is 0 Å². The molecule has 3 atom stereocenters. The molecule has 0 aromatic rings. The van der Waals surface area contributed by atoms with Crippen molar-refractivity contribution >= 4 is 5.91 Å². The van der Waals surface area contributed by atoms with Crippen molar-refractivity contribution in [1.29, 1.82) is 0 Å². The molecule has 1 aliphatic heterocycles. The lowest BCUT2D eigenvalue weighted by molar-refractivity contribution is -0.131. The van der Waals surface area contributed by atoms with Crippen molar-refractivity contribution in [2.75, 3.05) is 19.8 Å². The summed E-state index contributed by atoms with van der Waals surface area (Å²) in [7, 11) is 0. The molecule has 2 rings (SSSR count). The van der Waals surface area contributed by atoms with Gasteiger partial charge in [-0.15, -0.1) is 0 Å². The number of hydrogen-bond donors (Lipinski definition) is 1. The van der Waals surface area contributed by atoms with E-state index < -0.39 is 0 Å². The number of rotatable bonds is 9. The number of nitrogens with zero attached hydrogens (tertiary/aromatic N) is 1. The molecule has 1 heterocycles. The van der Waals surface area contributed by atoms with Gasteiger partial charge in [-0.2, -0.15) is 0 Å². The van der Waals surface area contributed by atoms with Gasteiger partial charge in [-0.1, -0.05) is 34.1 Å². The Labute approximate surface area is 129 Å². The van der Waals surface area contributed by atoms with E-state index in [0.29, 0.717) is 11.8 Å². The molecule has 2 aliphatic rings. The molecule has 2 fully saturated rings. The van der Waals surface area contributed by atoms with Crippen molar-refractivity contribution in [2.24, 2.45) is 17.8 Å². The Kier molecular flexibility index (Phi) is 6.06. The number of carbonyl (C=O) groups is 1. The summed E-state index contributed by atoms with van der Waals surface area (Å²) >= 11 is 0. The third-order valence-electron chi connectivity index (χ3n) is 4.82. The maximum atomic E-state index is 12.6. The van der Waals surface area contributed by atoms with Gasteiger partial charge in [0.15, 0.2) is 0 Å². The standard InChI is InChI=1S/C17H32N2O2/c1-5-13(4)15-17(20)19(16(18-15)12(2)3)9-6-10-21-11-14-7-8-14/h12-16,18H,5-11H2,1-4H3. The van der Waals surface area contributed by atoms with E-state index in [4.69, 9.17) is 4.74 Å². The summed E-state index contributed by atoms with van der Waals surface area (Å²) in [5.74, 6) is 1.94. The molecule has 4 nitrogen and oxygen atoms in total. The fraction of sp³-hybridized carbons (Fsp3) is 0.941. The predicted molar refractivity (Wildman–Crippen MR) is 84.9 cm³/mol. The second-order valence-electron chi connectivity index (χ2n) is 7.12. The highest BCUT2D eigenvalue weighted by Gasteiger charge is 2.41. The molecule has 21 heavy (non-hydrogen) atoms. The second-order valence-corrected chi connectivity index (χ2v) is 7.12. The lowest BCUT2D eigenvalue weighted by Gasteiger charge is -2.27. The maximum Gasteiger partial charge on any atom is 0.241 e. The summed E-state index contributed by atoms with van der Waals surface area (Å²) in [6, 6.07) is -0.00483. The van der Waals surface area contributed by atoms with Crippen LogP contribution in [0.3, 0.4) is 0 Å². The van der Waals surface area contributed by atoms with E-state index in [9.17, 15) is 4.79 Å². The number of hydrogen-bond acceptors (Lipinski definition) is 3. The fourth-order valence-corrected chi connectivity index (χ4v) is 2.98. The lowest BCUT2D eigenvalue weighted by Crippen LogP contribution is -2.42. The van der Waals surface area contributed by atoms with Gasteiger partial charge in [-0.05, 0) is 37.0 Å². The highest BCUT2D eigenvalue weighted by atomic mass is 16.5. The Hall–Kier alpha value is -0.610. The highest BCUT2D eigenvalue weighted by Crippen LogP contribution is 2.29. The molecular weight excluding hydrogens is 264 g/mol. The number of nitrogens with one attached hydrogen (secondary N) is 1. The highest BCUT2D eigenvalue weighted by molar-refractivity contribution is 5.84. The first-order valence-electron chi connectivity index (χ1n) is 8.68. The van der Waals surface area contributed by atoms with Gasteiger partial charge in [0.1, 0.15) is 0 Å². The van der Waals surface area contributed by atoms with Crippen molar-refractivity contribution < 1.29 is 9.53 Å². The first kappa shape index (κ1) is 16.8. The van der Waals surface area contributed by atoms with E-state index in [0.717, 1.165) is 38.5 Å². The minimum atomic E-state index is -0.00483. The van der Waals surface area contributed by atoms with Crippen molar-refractivity contribution in [1.82, 2.24) is 10.2 Å². The monoisotopic (exact) mass is 296 g/mol. The van der Waals surface area contributed by atoms with Gasteiger partial charge in [0.05, 0.1) is 12.2 Å². The molecule has 1 saturated carbocycles. The Balaban J connectivity index is 1.80. The van der Waals surface area contributed by atoms with Crippen molar-refractivity contribution in [2.45, 2.75) is 65.6 Å². The summed E-state index contributed by atoms with van der Waals surface area (Å²) in [6.45, 7) is 11.2. The van der Waals surface area contributed by atoms with Crippen molar-refractivity contribution in [3.8, 4) is 0 Å². The third kappa shape index (κ3) is 4.43. The molecule has 1 amide bonds. The van der Waals surface area contributed by atoms with Crippen molar-refractivity contribution in [3.63, 3.8) is 0 Å². The Morgan fingerprint density at radius 2 is 2.05 bits per heavy atom. The zero-order valence-electron chi connectivity index (χ0n) is 14.1. The molecule has 0 aromatic carbocycles. The molecule has 0 bridgehead atoms. The van der Waals surface area contributed by atoms with Gasteiger partial charge < -0.3 is 9.64 Å². The number of amides is 1. The van der Waals surface area contributed by atoms with Crippen LogP contribution in [-0.2, 0) is 9.53 Å². The molecule has 0 spiro atoms. The summed E-state index contributed by atoms with van der Waals surface area (Å²) in [5.41, 5.74) is 0. The van der Waals surface area contributed by atoms with Crippen LogP contribution in [0.1, 0.15) is 53.4 Å². The Morgan fingerprint density at radius 3 is 2.62 bits per heavy atom. The van der Waals surface area contributed by atoms with E-state index in [1.165, 1.54) is 12.8 Å². The fourth-order valence-electron chi connectivity index (χ4n) is 2.98. The molecule has 1 N–H and O–H groups in total. The van der Waals surface area contributed by atoms with Crippen LogP contribution in [0.15, 0.2) is 0 Å². The zero-order chi connectivity index (χ0) is 15.4. The van der Waals surface area contributed by atoms with E-state index in [1.54, 1.807) is 0 Å². The topological polar surface area (TPSA) is 41.6 Å². The maximum absolute atomic E-state index is 12.6. The van der Waals surface area contributed by atoms with Gasteiger partial charge in [0.25, 0.3) is 0 Å². The van der Waals surface area contributed by atoms with Gasteiger partial charge in [-0.3, -0.25) is 10.1 Å². The van der Waals surface area contributed by atoms with E-state index in [1.807, 2.05) is 4.90 Å². The first-order valence-corrected chi connectivity index (χ1v) is 8.68. The molecular formula is C17H32N2O2. The molecule has 3 unspecified atom stereocenters. The quantitative estimate of drug-likeness (QED) is 0.665. The SMILES string of the molecule is CCC(C)C1NC(C(C)C)N(CCCOCC2CC2)C1=O. The van der Waals surface area contributed by atoms with Gasteiger partial charge in [0.2, 0.25) is 5.91 Å². The smallest absolute Gasteiger partial charge is 0.241 e. The van der Waals surface area contributed by atoms with E-state index >= 15 is 0 Å². The predicted octanol–water partition coefficient (Wildman–Crippen LogP) is 2.63. The van der Waals surface area contributed by atoms with Crippen LogP contribution in [-0.4, -0.2) is 42.8 Å². The van der Waals surface area contributed by atoms with Crippen LogP contribution < -0.4 is 5.32 Å². The molecule has 4 heteroatoms. The summed E-state index contributed by atoms with van der Waals surface area (Å²) in [6.07, 6.45) is 4.82. The van der Waals surface area contributed by atoms with E-state index in [-0.39, 0.29) is 18.1 Å². The zero-order valence-corrected chi connectivity index (χ0v) is 14.1. The number of carbonyl (C=O) groups excluding carboxylic acids is 1. The van der Waals surface area contributed by atoms with E-state index in [2.05, 4.69) is 33.0 Å². The minimum Gasteiger partial charge on any atom is -0.381 e. The summed E-state index contributed by atoms with van der Waals surface area (Å²) < 4.78 is 5.69.